The number of aromatic carboxylic acids is 1. The number of carboxylic acids is 1. The van der Waals surface area contributed by atoms with Gasteiger partial charge in [0.05, 0.1) is 17.7 Å². The fourth-order valence-corrected chi connectivity index (χ4v) is 1.98. The Morgan fingerprint density at radius 1 is 1.10 bits per heavy atom. The molecule has 0 fully saturated rings. The number of halogens is 2. The fraction of sp³-hybridized carbons (Fsp3) is 0.429. The fourth-order valence-electron chi connectivity index (χ4n) is 1.67. The summed E-state index contributed by atoms with van der Waals surface area (Å²) in [6.45, 7) is 0.252. The van der Waals surface area contributed by atoms with Crippen LogP contribution in [0.5, 0.6) is 0 Å². The number of carbonyl (C=O) groups excluding carboxylic acids is 1. The van der Waals surface area contributed by atoms with Gasteiger partial charge in [-0.1, -0.05) is 18.6 Å². The smallest absolute Gasteiger partial charge is 0.339 e. The van der Waals surface area contributed by atoms with Gasteiger partial charge in [-0.05, 0) is 31.4 Å². The second-order valence-electron chi connectivity index (χ2n) is 4.23. The second-order valence-corrected chi connectivity index (χ2v) is 5.50. The molecule has 1 rings (SSSR count). The highest BCUT2D eigenvalue weighted by molar-refractivity contribution is 6.44. The van der Waals surface area contributed by atoms with Crippen molar-refractivity contribution >= 4 is 35.1 Å². The topological polar surface area (TPSA) is 63.6 Å². The van der Waals surface area contributed by atoms with E-state index in [0.717, 1.165) is 12.8 Å². The van der Waals surface area contributed by atoms with E-state index in [1.54, 1.807) is 12.1 Å². The number of esters is 1. The zero-order chi connectivity index (χ0) is 15.0. The van der Waals surface area contributed by atoms with E-state index in [1.807, 2.05) is 0 Å². The minimum absolute atomic E-state index is 0.0513. The van der Waals surface area contributed by atoms with Crippen LogP contribution in [0.2, 0.25) is 0 Å². The van der Waals surface area contributed by atoms with E-state index in [0.29, 0.717) is 12.8 Å². The van der Waals surface area contributed by atoms with Crippen LogP contribution in [0.15, 0.2) is 24.3 Å². The first-order chi connectivity index (χ1) is 9.52. The van der Waals surface area contributed by atoms with Gasteiger partial charge in [0.25, 0.3) is 0 Å². The van der Waals surface area contributed by atoms with Crippen LogP contribution in [0.1, 0.15) is 46.4 Å². The maximum Gasteiger partial charge on any atom is 0.339 e. The molecule has 0 bridgehead atoms. The van der Waals surface area contributed by atoms with Gasteiger partial charge in [-0.3, -0.25) is 0 Å². The molecular weight excluding hydrogens is 303 g/mol. The first-order valence-corrected chi connectivity index (χ1v) is 7.17. The SMILES string of the molecule is O=C(O)c1ccccc1C(=O)OCCCCCC(Cl)Cl. The van der Waals surface area contributed by atoms with Crippen molar-refractivity contribution in [1.29, 1.82) is 0 Å². The minimum atomic E-state index is -1.15. The van der Waals surface area contributed by atoms with Crippen LogP contribution in [0, 0.1) is 0 Å². The normalized spacial score (nSPS) is 10.6. The molecule has 6 heteroatoms. The van der Waals surface area contributed by atoms with Crippen molar-refractivity contribution in [2.24, 2.45) is 0 Å². The molecule has 0 saturated carbocycles. The Hall–Kier alpha value is -1.26. The predicted octanol–water partition coefficient (Wildman–Crippen LogP) is 3.91. The zero-order valence-electron chi connectivity index (χ0n) is 10.9. The monoisotopic (exact) mass is 318 g/mol. The van der Waals surface area contributed by atoms with Gasteiger partial charge in [0.15, 0.2) is 0 Å². The Balaban J connectivity index is 2.38. The van der Waals surface area contributed by atoms with E-state index < -0.39 is 11.9 Å². The number of hydrogen-bond acceptors (Lipinski definition) is 3. The number of hydrogen-bond donors (Lipinski definition) is 1. The number of ether oxygens (including phenoxy) is 1. The molecule has 20 heavy (non-hydrogen) atoms. The Bertz CT molecular complexity index is 460. The van der Waals surface area contributed by atoms with Gasteiger partial charge in [0.1, 0.15) is 4.84 Å². The molecule has 0 spiro atoms. The highest BCUT2D eigenvalue weighted by Gasteiger charge is 2.16. The largest absolute Gasteiger partial charge is 0.478 e. The highest BCUT2D eigenvalue weighted by Crippen LogP contribution is 2.13. The number of rotatable bonds is 8. The van der Waals surface area contributed by atoms with Crippen molar-refractivity contribution in [3.63, 3.8) is 0 Å². The van der Waals surface area contributed by atoms with E-state index in [1.165, 1.54) is 12.1 Å². The van der Waals surface area contributed by atoms with Crippen LogP contribution in [-0.2, 0) is 4.74 Å². The van der Waals surface area contributed by atoms with E-state index in [2.05, 4.69) is 0 Å². The highest BCUT2D eigenvalue weighted by atomic mass is 35.5. The van der Waals surface area contributed by atoms with E-state index in [-0.39, 0.29) is 22.6 Å². The number of benzene rings is 1. The average molecular weight is 319 g/mol. The van der Waals surface area contributed by atoms with Crippen LogP contribution in [0.3, 0.4) is 0 Å². The summed E-state index contributed by atoms with van der Waals surface area (Å²) in [6, 6.07) is 5.98. The lowest BCUT2D eigenvalue weighted by molar-refractivity contribution is 0.0487. The number of unbranched alkanes of at least 4 members (excludes halogenated alkanes) is 2. The molecule has 0 aliphatic heterocycles. The van der Waals surface area contributed by atoms with Crippen LogP contribution in [0.25, 0.3) is 0 Å². The summed E-state index contributed by atoms with van der Waals surface area (Å²) in [5.41, 5.74) is 0.0196. The molecule has 110 valence electrons. The Labute approximate surface area is 127 Å². The molecule has 0 atom stereocenters. The zero-order valence-corrected chi connectivity index (χ0v) is 12.4. The summed E-state index contributed by atoms with van der Waals surface area (Å²) in [4.78, 5) is 22.4. The summed E-state index contributed by atoms with van der Waals surface area (Å²) in [5.74, 6) is -1.76. The number of carboxylic acid groups (broad SMARTS) is 1. The molecule has 0 amide bonds. The van der Waals surface area contributed by atoms with Crippen molar-refractivity contribution in [1.82, 2.24) is 0 Å². The Kier molecular flexibility index (Phi) is 7.41. The summed E-state index contributed by atoms with van der Waals surface area (Å²) in [7, 11) is 0. The van der Waals surface area contributed by atoms with Gasteiger partial charge in [0, 0.05) is 0 Å². The van der Waals surface area contributed by atoms with Gasteiger partial charge in [-0.25, -0.2) is 9.59 Å². The lowest BCUT2D eigenvalue weighted by Gasteiger charge is -2.07. The minimum Gasteiger partial charge on any atom is -0.478 e. The molecule has 0 unspecified atom stereocenters. The molecule has 0 aliphatic rings. The Morgan fingerprint density at radius 3 is 2.35 bits per heavy atom. The van der Waals surface area contributed by atoms with Gasteiger partial charge in [-0.2, -0.15) is 0 Å². The maximum atomic E-state index is 11.8. The third kappa shape index (κ3) is 5.80. The molecule has 0 radical (unpaired) electrons. The van der Waals surface area contributed by atoms with E-state index in [4.69, 9.17) is 33.0 Å². The first-order valence-electron chi connectivity index (χ1n) is 6.30. The van der Waals surface area contributed by atoms with Crippen LogP contribution in [0.4, 0.5) is 0 Å². The van der Waals surface area contributed by atoms with Gasteiger partial charge >= 0.3 is 11.9 Å². The summed E-state index contributed by atoms with van der Waals surface area (Å²) >= 11 is 11.2. The van der Waals surface area contributed by atoms with Crippen LogP contribution >= 0.6 is 23.2 Å². The van der Waals surface area contributed by atoms with Gasteiger partial charge < -0.3 is 9.84 Å². The third-order valence-electron chi connectivity index (χ3n) is 2.68. The molecule has 0 aromatic heterocycles. The summed E-state index contributed by atoms with van der Waals surface area (Å²) in [5, 5.41) is 8.98. The third-order valence-corrected chi connectivity index (χ3v) is 3.11. The van der Waals surface area contributed by atoms with Crippen molar-refractivity contribution in [3.8, 4) is 0 Å². The summed E-state index contributed by atoms with van der Waals surface area (Å²) in [6.07, 6.45) is 3.12. The molecule has 0 heterocycles. The second kappa shape index (κ2) is 8.82. The standard InChI is InChI=1S/C14H16Cl2O4/c15-12(16)8-2-1-5-9-20-14(19)11-7-4-3-6-10(11)13(17)18/h3-4,6-7,12H,1-2,5,8-9H2,(H,17,18). The van der Waals surface area contributed by atoms with E-state index >= 15 is 0 Å². The van der Waals surface area contributed by atoms with Crippen molar-refractivity contribution < 1.29 is 19.4 Å². The molecule has 1 aromatic carbocycles. The Morgan fingerprint density at radius 2 is 1.75 bits per heavy atom. The van der Waals surface area contributed by atoms with Crippen molar-refractivity contribution in [2.75, 3.05) is 6.61 Å². The molecular formula is C14H16Cl2O4. The molecule has 1 aromatic rings. The lowest BCUT2D eigenvalue weighted by Crippen LogP contribution is -2.12. The molecule has 0 saturated heterocycles. The van der Waals surface area contributed by atoms with Gasteiger partial charge in [-0.15, -0.1) is 23.2 Å². The molecule has 1 N–H and O–H groups in total. The average Bonchev–Trinajstić information content (AvgIpc) is 2.42. The van der Waals surface area contributed by atoms with E-state index in [9.17, 15) is 9.59 Å². The van der Waals surface area contributed by atoms with Crippen molar-refractivity contribution in [2.45, 2.75) is 30.5 Å². The molecule has 4 nitrogen and oxygen atoms in total. The van der Waals surface area contributed by atoms with Crippen LogP contribution < -0.4 is 0 Å². The number of carbonyl (C=O) groups is 2. The van der Waals surface area contributed by atoms with Gasteiger partial charge in [0.2, 0.25) is 0 Å². The lowest BCUT2D eigenvalue weighted by atomic mass is 10.1. The quantitative estimate of drug-likeness (QED) is 0.448. The molecule has 0 aliphatic carbocycles. The number of alkyl halides is 2. The van der Waals surface area contributed by atoms with Crippen LogP contribution in [-0.4, -0.2) is 28.5 Å². The predicted molar refractivity (Wildman–Crippen MR) is 77.6 cm³/mol. The van der Waals surface area contributed by atoms with Crippen molar-refractivity contribution in [3.05, 3.63) is 35.4 Å². The first kappa shape index (κ1) is 16.8. The summed E-state index contributed by atoms with van der Waals surface area (Å²) < 4.78 is 5.06. The maximum absolute atomic E-state index is 11.8.